The Balaban J connectivity index is 1.54. The van der Waals surface area contributed by atoms with Crippen LogP contribution in [0.25, 0.3) is 0 Å². The van der Waals surface area contributed by atoms with Gasteiger partial charge < -0.3 is 19.5 Å². The first-order chi connectivity index (χ1) is 13.1. The van der Waals surface area contributed by atoms with Gasteiger partial charge in [-0.15, -0.1) is 0 Å². The maximum absolute atomic E-state index is 12.9. The number of fused-ring (bicyclic) bond motifs is 2. The summed E-state index contributed by atoms with van der Waals surface area (Å²) in [4.78, 5) is 12.9. The van der Waals surface area contributed by atoms with Crippen molar-refractivity contribution in [2.45, 2.75) is 50.9 Å². The van der Waals surface area contributed by atoms with E-state index in [0.29, 0.717) is 11.5 Å². The van der Waals surface area contributed by atoms with Gasteiger partial charge in [0, 0.05) is 12.0 Å². The first-order valence-electron chi connectivity index (χ1n) is 9.61. The maximum Gasteiger partial charge on any atom is 0.265 e. The molecule has 5 heteroatoms. The molecule has 0 radical (unpaired) electrons. The summed E-state index contributed by atoms with van der Waals surface area (Å²) >= 11 is 0. The van der Waals surface area contributed by atoms with Crippen LogP contribution in [0.4, 0.5) is 0 Å². The van der Waals surface area contributed by atoms with Crippen LogP contribution in [0.5, 0.6) is 17.2 Å². The monoisotopic (exact) mass is 367 g/mol. The molecule has 142 valence electrons. The molecule has 0 unspecified atom stereocenters. The fourth-order valence-corrected chi connectivity index (χ4v) is 3.84. The number of amides is 1. The van der Waals surface area contributed by atoms with Crippen LogP contribution in [0.2, 0.25) is 0 Å². The van der Waals surface area contributed by atoms with Crippen molar-refractivity contribution in [2.75, 3.05) is 6.61 Å². The van der Waals surface area contributed by atoms with E-state index >= 15 is 0 Å². The number of hydrogen-bond acceptors (Lipinski definition) is 4. The van der Waals surface area contributed by atoms with Crippen LogP contribution in [0.1, 0.15) is 44.7 Å². The van der Waals surface area contributed by atoms with Gasteiger partial charge in [-0.2, -0.15) is 0 Å². The summed E-state index contributed by atoms with van der Waals surface area (Å²) in [6.07, 6.45) is 1.86. The lowest BCUT2D eigenvalue weighted by Crippen LogP contribution is -2.49. The fourth-order valence-electron chi connectivity index (χ4n) is 3.84. The lowest BCUT2D eigenvalue weighted by molar-refractivity contribution is -0.131. The van der Waals surface area contributed by atoms with Crippen molar-refractivity contribution in [2.24, 2.45) is 0 Å². The van der Waals surface area contributed by atoms with E-state index in [1.807, 2.05) is 48.5 Å². The maximum atomic E-state index is 12.9. The molecule has 1 N–H and O–H groups in total. The average molecular weight is 367 g/mol. The molecule has 2 atom stereocenters. The van der Waals surface area contributed by atoms with Gasteiger partial charge in [-0.25, -0.2) is 0 Å². The zero-order chi connectivity index (χ0) is 18.9. The Kier molecular flexibility index (Phi) is 4.68. The zero-order valence-electron chi connectivity index (χ0n) is 15.7. The van der Waals surface area contributed by atoms with Crippen molar-refractivity contribution >= 4 is 5.91 Å². The van der Waals surface area contributed by atoms with Gasteiger partial charge in [0.15, 0.2) is 11.5 Å². The van der Waals surface area contributed by atoms with Gasteiger partial charge in [0.25, 0.3) is 5.91 Å². The molecule has 0 bridgehead atoms. The van der Waals surface area contributed by atoms with Crippen molar-refractivity contribution < 1.29 is 19.0 Å². The van der Waals surface area contributed by atoms with E-state index in [9.17, 15) is 4.79 Å². The minimum atomic E-state index is -0.660. The highest BCUT2D eigenvalue weighted by atomic mass is 16.6. The fraction of sp³-hybridized carbons (Fsp3) is 0.409. The van der Waals surface area contributed by atoms with Crippen molar-refractivity contribution in [1.82, 2.24) is 5.32 Å². The Morgan fingerprint density at radius 1 is 1.04 bits per heavy atom. The highest BCUT2D eigenvalue weighted by Gasteiger charge is 2.40. The Morgan fingerprint density at radius 2 is 1.70 bits per heavy atom. The molecule has 1 amide bonds. The summed E-state index contributed by atoms with van der Waals surface area (Å²) in [5.74, 6) is 1.97. The Morgan fingerprint density at radius 3 is 2.44 bits per heavy atom. The molecule has 0 aliphatic carbocycles. The summed E-state index contributed by atoms with van der Waals surface area (Å²) in [5, 5.41) is 3.18. The van der Waals surface area contributed by atoms with Crippen molar-refractivity contribution in [3.63, 3.8) is 0 Å². The van der Waals surface area contributed by atoms with Crippen molar-refractivity contribution in [1.29, 1.82) is 0 Å². The second-order valence-electron chi connectivity index (χ2n) is 7.16. The zero-order valence-corrected chi connectivity index (χ0v) is 15.7. The standard InChI is InChI=1S/C22H25NO4/c1-3-22(4-2)13-16(15-9-5-6-10-17(15)27-22)23-21(24)20-14-25-18-11-7-8-12-19(18)26-20/h5-12,16,20H,3-4,13-14H2,1-2H3,(H,23,24)/t16-,20+/m1/s1. The summed E-state index contributed by atoms with van der Waals surface area (Å²) in [6.45, 7) is 4.47. The highest BCUT2D eigenvalue weighted by molar-refractivity contribution is 5.82. The number of carbonyl (C=O) groups excluding carboxylic acids is 1. The van der Waals surface area contributed by atoms with Crippen molar-refractivity contribution in [3.05, 3.63) is 54.1 Å². The third kappa shape index (κ3) is 3.34. The molecular weight excluding hydrogens is 342 g/mol. The van der Waals surface area contributed by atoms with Gasteiger partial charge in [0.1, 0.15) is 18.0 Å². The lowest BCUT2D eigenvalue weighted by Gasteiger charge is -2.42. The van der Waals surface area contributed by atoms with E-state index in [1.54, 1.807) is 0 Å². The highest BCUT2D eigenvalue weighted by Crippen LogP contribution is 2.42. The van der Waals surface area contributed by atoms with E-state index in [2.05, 4.69) is 19.2 Å². The molecule has 2 aromatic carbocycles. The minimum Gasteiger partial charge on any atom is -0.487 e. The van der Waals surface area contributed by atoms with Crippen LogP contribution in [0.15, 0.2) is 48.5 Å². The van der Waals surface area contributed by atoms with Gasteiger partial charge in [0.2, 0.25) is 6.10 Å². The van der Waals surface area contributed by atoms with Crippen LogP contribution in [0.3, 0.4) is 0 Å². The molecule has 4 rings (SSSR count). The summed E-state index contributed by atoms with van der Waals surface area (Å²) in [6, 6.07) is 15.2. The number of hydrogen-bond donors (Lipinski definition) is 1. The topological polar surface area (TPSA) is 56.8 Å². The molecule has 2 heterocycles. The van der Waals surface area contributed by atoms with Crippen LogP contribution in [-0.2, 0) is 4.79 Å². The third-order valence-electron chi connectivity index (χ3n) is 5.60. The van der Waals surface area contributed by atoms with Crippen molar-refractivity contribution in [3.8, 4) is 17.2 Å². The number of benzene rings is 2. The van der Waals surface area contributed by atoms with E-state index in [1.165, 1.54) is 0 Å². The smallest absolute Gasteiger partial charge is 0.265 e. The molecule has 27 heavy (non-hydrogen) atoms. The van der Waals surface area contributed by atoms with Gasteiger partial charge >= 0.3 is 0 Å². The molecule has 0 aromatic heterocycles. The minimum absolute atomic E-state index is 0.108. The summed E-state index contributed by atoms with van der Waals surface area (Å²) in [7, 11) is 0. The van der Waals surface area contributed by atoms with E-state index in [0.717, 1.165) is 30.6 Å². The molecule has 0 saturated carbocycles. The van der Waals surface area contributed by atoms with Gasteiger partial charge in [-0.1, -0.05) is 44.2 Å². The number of carbonyl (C=O) groups is 1. The molecule has 2 aliphatic heterocycles. The predicted molar refractivity (Wildman–Crippen MR) is 102 cm³/mol. The van der Waals surface area contributed by atoms with E-state index < -0.39 is 6.10 Å². The second-order valence-corrected chi connectivity index (χ2v) is 7.16. The van der Waals surface area contributed by atoms with Crippen LogP contribution in [-0.4, -0.2) is 24.2 Å². The predicted octanol–water partition coefficient (Wildman–Crippen LogP) is 4.03. The molecule has 2 aromatic rings. The first kappa shape index (κ1) is 17.7. The molecule has 0 spiro atoms. The second kappa shape index (κ2) is 7.14. The van der Waals surface area contributed by atoms with Gasteiger partial charge in [0.05, 0.1) is 6.04 Å². The number of rotatable bonds is 4. The Labute approximate surface area is 159 Å². The van der Waals surface area contributed by atoms with Crippen LogP contribution >= 0.6 is 0 Å². The first-order valence-corrected chi connectivity index (χ1v) is 9.61. The summed E-state index contributed by atoms with van der Waals surface area (Å²) in [5.41, 5.74) is 0.753. The van der Waals surface area contributed by atoms with Crippen LogP contribution < -0.4 is 19.5 Å². The molecule has 0 fully saturated rings. The number of ether oxygens (including phenoxy) is 3. The Hall–Kier alpha value is -2.69. The van der Waals surface area contributed by atoms with Gasteiger partial charge in [-0.3, -0.25) is 4.79 Å². The molecule has 0 saturated heterocycles. The SMILES string of the molecule is CCC1(CC)C[C@@H](NC(=O)[C@@H]2COc3ccccc3O2)c2ccccc2O1. The normalized spacial score (nSPS) is 22.3. The average Bonchev–Trinajstić information content (AvgIpc) is 2.73. The third-order valence-corrected chi connectivity index (χ3v) is 5.60. The van der Waals surface area contributed by atoms with E-state index in [-0.39, 0.29) is 24.2 Å². The van der Waals surface area contributed by atoms with E-state index in [4.69, 9.17) is 14.2 Å². The molecule has 2 aliphatic rings. The number of nitrogens with one attached hydrogen (secondary N) is 1. The Bertz CT molecular complexity index is 831. The summed E-state index contributed by atoms with van der Waals surface area (Å²) < 4.78 is 17.9. The lowest BCUT2D eigenvalue weighted by atomic mass is 9.83. The molecular formula is C22H25NO4. The van der Waals surface area contributed by atoms with Crippen LogP contribution in [0, 0.1) is 0 Å². The molecule has 5 nitrogen and oxygen atoms in total. The van der Waals surface area contributed by atoms with Gasteiger partial charge in [-0.05, 0) is 31.0 Å². The number of para-hydroxylation sites is 3. The quantitative estimate of drug-likeness (QED) is 0.887. The largest absolute Gasteiger partial charge is 0.487 e.